The second kappa shape index (κ2) is 14.7. The van der Waals surface area contributed by atoms with Crippen molar-refractivity contribution in [1.29, 1.82) is 0 Å². The molecule has 0 bridgehead atoms. The van der Waals surface area contributed by atoms with E-state index < -0.39 is 6.89 Å². The number of rotatable bonds is 14. The summed E-state index contributed by atoms with van der Waals surface area (Å²) in [4.78, 5) is 13.7. The SMILES string of the molecule is CCCCCCCCCCC(C(=O)OCC)=P(c1ccccc1)(c1ccccc1)c1ccccc1. The summed E-state index contributed by atoms with van der Waals surface area (Å²) in [6.07, 6.45) is 10.7. The van der Waals surface area contributed by atoms with Crippen molar-refractivity contribution in [2.24, 2.45) is 0 Å². The third-order valence-corrected chi connectivity index (χ3v) is 11.0. The number of hydrogen-bond acceptors (Lipinski definition) is 2. The molecule has 0 saturated heterocycles. The minimum Gasteiger partial charge on any atom is -0.463 e. The molecule has 0 aliphatic heterocycles. The predicted molar refractivity (Wildman–Crippen MR) is 154 cm³/mol. The Kier molecular flexibility index (Phi) is 11.4. The van der Waals surface area contributed by atoms with Crippen LogP contribution >= 0.6 is 6.89 Å². The number of carbonyl (C=O) groups is 1. The van der Waals surface area contributed by atoms with Crippen molar-refractivity contribution >= 4 is 34.1 Å². The molecule has 0 aliphatic carbocycles. The summed E-state index contributed by atoms with van der Waals surface area (Å²) in [5.41, 5.74) is 0. The van der Waals surface area contributed by atoms with Gasteiger partial charge in [0.25, 0.3) is 0 Å². The zero-order valence-electron chi connectivity index (χ0n) is 21.5. The molecule has 3 aromatic rings. The summed E-state index contributed by atoms with van der Waals surface area (Å²) in [6, 6.07) is 31.9. The third-order valence-electron chi connectivity index (χ3n) is 6.61. The lowest BCUT2D eigenvalue weighted by Gasteiger charge is -2.32. The van der Waals surface area contributed by atoms with Crippen molar-refractivity contribution in [2.75, 3.05) is 6.61 Å². The van der Waals surface area contributed by atoms with Crippen LogP contribution in [0.1, 0.15) is 71.6 Å². The third kappa shape index (κ3) is 6.98. The highest BCUT2D eigenvalue weighted by Crippen LogP contribution is 2.47. The Hall–Kier alpha value is -2.57. The molecule has 0 aliphatic rings. The second-order valence-corrected chi connectivity index (χ2v) is 12.5. The Balaban J connectivity index is 2.12. The first kappa shape index (κ1) is 27.0. The number of ether oxygens (including phenoxy) is 1. The molecule has 3 rings (SSSR count). The largest absolute Gasteiger partial charge is 0.463 e. The summed E-state index contributed by atoms with van der Waals surface area (Å²) >= 11 is 0. The molecule has 0 saturated carbocycles. The van der Waals surface area contributed by atoms with Gasteiger partial charge in [0, 0.05) is 5.29 Å². The lowest BCUT2D eigenvalue weighted by molar-refractivity contribution is -0.134. The zero-order chi connectivity index (χ0) is 24.8. The van der Waals surface area contributed by atoms with Gasteiger partial charge >= 0.3 is 5.97 Å². The van der Waals surface area contributed by atoms with Crippen molar-refractivity contribution in [3.05, 3.63) is 91.0 Å². The Morgan fingerprint density at radius 2 is 1.00 bits per heavy atom. The average Bonchev–Trinajstić information content (AvgIpc) is 2.91. The first-order valence-corrected chi connectivity index (χ1v) is 15.1. The number of hydrogen-bond donors (Lipinski definition) is 0. The van der Waals surface area contributed by atoms with Crippen LogP contribution in [-0.4, -0.2) is 17.9 Å². The molecule has 35 heavy (non-hydrogen) atoms. The number of carbonyl (C=O) groups excluding carboxylic acids is 1. The first-order valence-electron chi connectivity index (χ1n) is 13.3. The number of benzene rings is 3. The molecule has 0 heterocycles. The van der Waals surface area contributed by atoms with Gasteiger partial charge in [-0.2, -0.15) is 0 Å². The van der Waals surface area contributed by atoms with Gasteiger partial charge in [-0.1, -0.05) is 143 Å². The standard InChI is InChI=1S/C32H41O2P/c1-3-5-6-7-8-9-10-20-27-31(32(33)34-4-2)35(28-21-14-11-15-22-28,29-23-16-12-17-24-29)30-25-18-13-19-26-30/h11-19,21-26H,3-10,20,27H2,1-2H3. The quantitative estimate of drug-likeness (QED) is 0.136. The molecule has 0 fully saturated rings. The molecule has 186 valence electrons. The van der Waals surface area contributed by atoms with Crippen molar-refractivity contribution in [1.82, 2.24) is 0 Å². The van der Waals surface area contributed by atoms with E-state index in [4.69, 9.17) is 4.74 Å². The fraction of sp³-hybridized carbons (Fsp3) is 0.375. The number of esters is 1. The second-order valence-electron chi connectivity index (χ2n) is 9.07. The average molecular weight is 489 g/mol. The van der Waals surface area contributed by atoms with E-state index in [0.29, 0.717) is 6.61 Å². The maximum atomic E-state index is 13.7. The molecule has 3 heteroatoms. The van der Waals surface area contributed by atoms with Gasteiger partial charge in [0.1, 0.15) is 0 Å². The molecule has 3 aromatic carbocycles. The Labute approximate surface area is 212 Å². The van der Waals surface area contributed by atoms with E-state index >= 15 is 0 Å². The summed E-state index contributed by atoms with van der Waals surface area (Å²) in [6.45, 7) is 2.17. The summed E-state index contributed by atoms with van der Waals surface area (Å²) in [5, 5.41) is 4.56. The maximum absolute atomic E-state index is 13.7. The Bertz CT molecular complexity index is 955. The van der Waals surface area contributed by atoms with Gasteiger partial charge in [-0.25, -0.2) is 4.79 Å². The fourth-order valence-electron chi connectivity index (χ4n) is 4.92. The predicted octanol–water partition coefficient (Wildman–Crippen LogP) is 7.25. The first-order chi connectivity index (χ1) is 17.2. The highest BCUT2D eigenvalue weighted by Gasteiger charge is 2.33. The van der Waals surface area contributed by atoms with E-state index in [1.165, 1.54) is 54.4 Å². The van der Waals surface area contributed by atoms with Gasteiger partial charge in [0.2, 0.25) is 0 Å². The van der Waals surface area contributed by atoms with Crippen LogP contribution in [-0.2, 0) is 9.53 Å². The molecule has 0 amide bonds. The van der Waals surface area contributed by atoms with Crippen LogP contribution in [0.15, 0.2) is 91.0 Å². The lowest BCUT2D eigenvalue weighted by Crippen LogP contribution is -2.34. The van der Waals surface area contributed by atoms with Crippen molar-refractivity contribution in [3.63, 3.8) is 0 Å². The van der Waals surface area contributed by atoms with E-state index in [9.17, 15) is 4.79 Å². The molecule has 0 atom stereocenters. The molecular weight excluding hydrogens is 447 g/mol. The van der Waals surface area contributed by atoms with Crippen LogP contribution in [0.4, 0.5) is 0 Å². The highest BCUT2D eigenvalue weighted by molar-refractivity contribution is 7.96. The minimum absolute atomic E-state index is 0.139. The van der Waals surface area contributed by atoms with Crippen molar-refractivity contribution < 1.29 is 9.53 Å². The van der Waals surface area contributed by atoms with E-state index in [-0.39, 0.29) is 5.97 Å². The van der Waals surface area contributed by atoms with Gasteiger partial charge in [0.05, 0.1) is 6.61 Å². The van der Waals surface area contributed by atoms with Crippen LogP contribution in [0.3, 0.4) is 0 Å². The zero-order valence-corrected chi connectivity index (χ0v) is 22.4. The van der Waals surface area contributed by atoms with Crippen LogP contribution in [0.25, 0.3) is 0 Å². The van der Waals surface area contributed by atoms with Crippen LogP contribution < -0.4 is 15.9 Å². The molecule has 0 unspecified atom stereocenters. The normalized spacial score (nSPS) is 11.3. The molecule has 0 aromatic heterocycles. The smallest absolute Gasteiger partial charge is 0.335 e. The van der Waals surface area contributed by atoms with Gasteiger partial charge in [0.15, 0.2) is 0 Å². The minimum atomic E-state index is -2.38. The summed E-state index contributed by atoms with van der Waals surface area (Å²) in [7, 11) is 0. The molecule has 0 N–H and O–H groups in total. The van der Waals surface area contributed by atoms with Crippen LogP contribution in [0.2, 0.25) is 0 Å². The fourth-order valence-corrected chi connectivity index (χ4v) is 9.44. The van der Waals surface area contributed by atoms with E-state index in [0.717, 1.165) is 24.6 Å². The van der Waals surface area contributed by atoms with Gasteiger partial charge < -0.3 is 4.74 Å². The van der Waals surface area contributed by atoms with Gasteiger partial charge in [-0.05, 0) is 42.6 Å². The van der Waals surface area contributed by atoms with E-state index in [1.54, 1.807) is 0 Å². The molecule has 2 nitrogen and oxygen atoms in total. The van der Waals surface area contributed by atoms with Crippen LogP contribution in [0.5, 0.6) is 0 Å². The maximum Gasteiger partial charge on any atom is 0.335 e. The highest BCUT2D eigenvalue weighted by atomic mass is 31.2. The summed E-state index contributed by atoms with van der Waals surface area (Å²) < 4.78 is 5.75. The van der Waals surface area contributed by atoms with Crippen LogP contribution in [0, 0.1) is 0 Å². The van der Waals surface area contributed by atoms with E-state index in [2.05, 4.69) is 97.9 Å². The molecule has 0 spiro atoms. The summed E-state index contributed by atoms with van der Waals surface area (Å²) in [5.74, 6) is -0.139. The van der Waals surface area contributed by atoms with Crippen molar-refractivity contribution in [2.45, 2.75) is 71.6 Å². The topological polar surface area (TPSA) is 26.3 Å². The lowest BCUT2D eigenvalue weighted by atomic mass is 10.1. The van der Waals surface area contributed by atoms with Gasteiger partial charge in [-0.3, -0.25) is 0 Å². The van der Waals surface area contributed by atoms with Gasteiger partial charge in [-0.15, -0.1) is 0 Å². The molecule has 0 radical (unpaired) electrons. The molecular formula is C32H41O2P. The monoisotopic (exact) mass is 488 g/mol. The van der Waals surface area contributed by atoms with E-state index in [1.807, 2.05) is 6.92 Å². The Morgan fingerprint density at radius 3 is 1.40 bits per heavy atom. The number of unbranched alkanes of at least 4 members (excludes halogenated alkanes) is 7. The van der Waals surface area contributed by atoms with Crippen molar-refractivity contribution in [3.8, 4) is 0 Å². The Morgan fingerprint density at radius 1 is 0.600 bits per heavy atom.